The van der Waals surface area contributed by atoms with E-state index in [4.69, 9.17) is 18.1 Å². The second kappa shape index (κ2) is 11.2. The van der Waals surface area contributed by atoms with Crippen molar-refractivity contribution >= 4 is 40.0 Å². The van der Waals surface area contributed by atoms with Gasteiger partial charge in [-0.15, -0.1) is 0 Å². The molecule has 0 aromatic carbocycles. The Labute approximate surface area is 163 Å². The highest BCUT2D eigenvalue weighted by Crippen LogP contribution is 2.40. The number of aliphatic carboxylic acids is 1. The van der Waals surface area contributed by atoms with Crippen LogP contribution in [0.3, 0.4) is 0 Å². The third kappa shape index (κ3) is 8.76. The minimum absolute atomic E-state index is 0.137. The van der Waals surface area contributed by atoms with E-state index in [9.17, 15) is 9.59 Å². The standard InChI is InChI=1S/C17H36O6Si3/c1-8-26(7,17(4,5)6)23-25(22-24)12-11-14(13(2)3)21-16(20)10-9-15(18)19/h9-10,13-14,25H,8,11-12H2,1-7,24H3,(H,18,19). The van der Waals surface area contributed by atoms with E-state index in [0.29, 0.717) is 16.9 Å². The molecule has 0 saturated carbocycles. The first kappa shape index (κ1) is 25.3. The summed E-state index contributed by atoms with van der Waals surface area (Å²) in [7, 11) is -3.07. The lowest BCUT2D eigenvalue weighted by atomic mass is 10.1. The molecule has 6 nitrogen and oxygen atoms in total. The van der Waals surface area contributed by atoms with Crippen molar-refractivity contribution in [2.24, 2.45) is 5.92 Å². The lowest BCUT2D eigenvalue weighted by Crippen LogP contribution is -2.48. The zero-order chi connectivity index (χ0) is 20.5. The third-order valence-corrected chi connectivity index (χ3v) is 15.5. The van der Waals surface area contributed by atoms with Crippen LogP contribution in [0.4, 0.5) is 0 Å². The number of carbonyl (C=O) groups is 2. The normalized spacial score (nSPS) is 17.2. The Morgan fingerprint density at radius 1 is 1.27 bits per heavy atom. The summed E-state index contributed by atoms with van der Waals surface area (Å²) in [5.74, 6) is -1.66. The first-order chi connectivity index (χ1) is 11.9. The van der Waals surface area contributed by atoms with Crippen molar-refractivity contribution in [3.8, 4) is 0 Å². The molecule has 0 bridgehead atoms. The van der Waals surface area contributed by atoms with Crippen LogP contribution < -0.4 is 0 Å². The summed E-state index contributed by atoms with van der Waals surface area (Å²) in [5.41, 5.74) is 0. The smallest absolute Gasteiger partial charge is 0.331 e. The number of carbonyl (C=O) groups excluding carboxylic acids is 1. The fourth-order valence-corrected chi connectivity index (χ4v) is 11.2. The number of hydrogen-bond donors (Lipinski definition) is 1. The molecule has 0 rings (SSSR count). The molecule has 0 spiro atoms. The average Bonchev–Trinajstić information content (AvgIpc) is 2.53. The van der Waals surface area contributed by atoms with Gasteiger partial charge >= 0.3 is 11.9 Å². The van der Waals surface area contributed by atoms with Gasteiger partial charge in [0.25, 0.3) is 9.28 Å². The zero-order valence-corrected chi connectivity index (χ0v) is 21.7. The first-order valence-corrected chi connectivity index (χ1v) is 14.4. The van der Waals surface area contributed by atoms with Crippen molar-refractivity contribution < 1.29 is 27.7 Å². The number of carboxylic acid groups (broad SMARTS) is 1. The van der Waals surface area contributed by atoms with Crippen molar-refractivity contribution in [2.75, 3.05) is 0 Å². The number of ether oxygens (including phenoxy) is 1. The predicted octanol–water partition coefficient (Wildman–Crippen LogP) is 2.51. The Hall–Kier alpha value is -0.749. The van der Waals surface area contributed by atoms with E-state index in [1.54, 1.807) is 0 Å². The highest BCUT2D eigenvalue weighted by atomic mass is 28.4. The summed E-state index contributed by atoms with van der Waals surface area (Å²) in [6.07, 6.45) is 2.14. The predicted molar refractivity (Wildman–Crippen MR) is 112 cm³/mol. The van der Waals surface area contributed by atoms with Crippen LogP contribution in [-0.4, -0.2) is 51.2 Å². The highest BCUT2D eigenvalue weighted by Gasteiger charge is 2.42. The van der Waals surface area contributed by atoms with Gasteiger partial charge in [0.2, 0.25) is 0 Å². The van der Waals surface area contributed by atoms with Crippen LogP contribution in [0.2, 0.25) is 23.7 Å². The summed E-state index contributed by atoms with van der Waals surface area (Å²) in [4.78, 5) is 22.3. The second-order valence-corrected chi connectivity index (χ2v) is 17.0. The van der Waals surface area contributed by atoms with E-state index in [-0.39, 0.29) is 17.1 Å². The summed E-state index contributed by atoms with van der Waals surface area (Å²) in [6, 6.07) is 1.81. The number of hydrogen-bond acceptors (Lipinski definition) is 5. The van der Waals surface area contributed by atoms with Crippen LogP contribution >= 0.6 is 0 Å². The molecule has 0 aromatic rings. The van der Waals surface area contributed by atoms with Crippen molar-refractivity contribution in [3.63, 3.8) is 0 Å². The van der Waals surface area contributed by atoms with Gasteiger partial charge in [0, 0.05) is 12.2 Å². The molecule has 9 heteroatoms. The minimum Gasteiger partial charge on any atom is -0.478 e. The second-order valence-electron chi connectivity index (χ2n) is 8.09. The van der Waals surface area contributed by atoms with Crippen LogP contribution in [0.1, 0.15) is 48.0 Å². The Morgan fingerprint density at radius 2 is 1.85 bits per heavy atom. The van der Waals surface area contributed by atoms with E-state index in [2.05, 4.69) is 34.2 Å². The van der Waals surface area contributed by atoms with Gasteiger partial charge in [0.1, 0.15) is 16.6 Å². The van der Waals surface area contributed by atoms with Crippen molar-refractivity contribution in [1.82, 2.24) is 0 Å². The Bertz CT molecular complexity index is 489. The highest BCUT2D eigenvalue weighted by molar-refractivity contribution is 6.80. The Kier molecular flexibility index (Phi) is 10.9. The van der Waals surface area contributed by atoms with Crippen LogP contribution in [0.15, 0.2) is 12.2 Å². The molecular weight excluding hydrogens is 384 g/mol. The molecule has 26 heavy (non-hydrogen) atoms. The first-order valence-electron chi connectivity index (χ1n) is 9.18. The number of carboxylic acids is 1. The molecule has 0 aromatic heterocycles. The maximum absolute atomic E-state index is 11.8. The van der Waals surface area contributed by atoms with Gasteiger partial charge in [-0.05, 0) is 36.0 Å². The molecule has 3 atom stereocenters. The molecule has 152 valence electrons. The van der Waals surface area contributed by atoms with Crippen molar-refractivity contribution in [3.05, 3.63) is 12.2 Å². The van der Waals surface area contributed by atoms with Gasteiger partial charge in [-0.3, -0.25) is 0 Å². The van der Waals surface area contributed by atoms with Gasteiger partial charge in [-0.2, -0.15) is 0 Å². The average molecular weight is 421 g/mol. The molecule has 0 radical (unpaired) electrons. The SMILES string of the molecule is CC[Si](C)(O[SiH](CCC(OC(=O)C=CC(=O)O)C(C)C)O[SiH3])C(C)(C)C. The van der Waals surface area contributed by atoms with E-state index in [1.165, 1.54) is 0 Å². The fraction of sp³-hybridized carbons (Fsp3) is 0.765. The van der Waals surface area contributed by atoms with Gasteiger partial charge < -0.3 is 18.1 Å². The molecule has 0 aliphatic rings. The van der Waals surface area contributed by atoms with Gasteiger partial charge in [0.15, 0.2) is 8.32 Å². The third-order valence-electron chi connectivity index (χ3n) is 4.98. The minimum atomic E-state index is -1.89. The lowest BCUT2D eigenvalue weighted by Gasteiger charge is -2.41. The van der Waals surface area contributed by atoms with Gasteiger partial charge in [-0.25, -0.2) is 9.59 Å². The molecule has 1 N–H and O–H groups in total. The van der Waals surface area contributed by atoms with Crippen LogP contribution in [0, 0.1) is 5.92 Å². The zero-order valence-electron chi connectivity index (χ0n) is 17.5. The van der Waals surface area contributed by atoms with E-state index < -0.39 is 29.5 Å². The van der Waals surface area contributed by atoms with Crippen molar-refractivity contribution in [2.45, 2.75) is 77.7 Å². The lowest BCUT2D eigenvalue weighted by molar-refractivity contribution is -0.145. The maximum Gasteiger partial charge on any atom is 0.331 e. The maximum atomic E-state index is 11.8. The topological polar surface area (TPSA) is 82.1 Å². The molecule has 0 heterocycles. The molecule has 0 fully saturated rings. The summed E-state index contributed by atoms with van der Waals surface area (Å²) in [6.45, 7) is 15.1. The molecule has 0 amide bonds. The quantitative estimate of drug-likeness (QED) is 0.314. The molecule has 3 unspecified atom stereocenters. The monoisotopic (exact) mass is 420 g/mol. The van der Waals surface area contributed by atoms with Gasteiger partial charge in [-0.1, -0.05) is 41.5 Å². The Morgan fingerprint density at radius 3 is 2.23 bits per heavy atom. The summed E-state index contributed by atoms with van der Waals surface area (Å²) in [5, 5.41) is 8.73. The van der Waals surface area contributed by atoms with E-state index in [0.717, 1.165) is 24.2 Å². The number of rotatable bonds is 11. The van der Waals surface area contributed by atoms with Crippen LogP contribution in [0.5, 0.6) is 0 Å². The van der Waals surface area contributed by atoms with Crippen molar-refractivity contribution in [1.29, 1.82) is 0 Å². The largest absolute Gasteiger partial charge is 0.478 e. The van der Waals surface area contributed by atoms with E-state index >= 15 is 0 Å². The van der Waals surface area contributed by atoms with Crippen LogP contribution in [0.25, 0.3) is 0 Å². The fourth-order valence-electron chi connectivity index (χ4n) is 2.46. The molecule has 0 saturated heterocycles. The van der Waals surface area contributed by atoms with Gasteiger partial charge in [0.05, 0.1) is 0 Å². The van der Waals surface area contributed by atoms with Crippen LogP contribution in [-0.2, 0) is 22.6 Å². The number of esters is 1. The summed E-state index contributed by atoms with van der Waals surface area (Å²) >= 11 is 0. The molecular formula is C17H36O6Si3. The molecule has 0 aliphatic carbocycles. The molecule has 0 aliphatic heterocycles. The Balaban J connectivity index is 4.88. The van der Waals surface area contributed by atoms with E-state index in [1.807, 2.05) is 13.8 Å². The summed E-state index contributed by atoms with van der Waals surface area (Å²) < 4.78 is 17.8.